The fourth-order valence-electron chi connectivity index (χ4n) is 2.36. The third kappa shape index (κ3) is 3.27. The number of rotatable bonds is 3. The van der Waals surface area contributed by atoms with Crippen LogP contribution in [0, 0.1) is 6.92 Å². The molecule has 0 aliphatic heterocycles. The molecular formula is C17H14Br2N2. The average molecular weight is 406 g/mol. The van der Waals surface area contributed by atoms with Gasteiger partial charge in [0.25, 0.3) is 0 Å². The molecule has 2 aromatic carbocycles. The van der Waals surface area contributed by atoms with Gasteiger partial charge in [-0.05, 0) is 58.7 Å². The number of halogens is 2. The van der Waals surface area contributed by atoms with Crippen molar-refractivity contribution in [2.24, 2.45) is 0 Å². The first-order valence-corrected chi connectivity index (χ1v) is 8.26. The first-order chi connectivity index (χ1) is 10.1. The van der Waals surface area contributed by atoms with E-state index in [9.17, 15) is 0 Å². The van der Waals surface area contributed by atoms with Crippen LogP contribution in [0.25, 0.3) is 10.9 Å². The lowest BCUT2D eigenvalue weighted by atomic mass is 10.1. The van der Waals surface area contributed by atoms with E-state index in [1.807, 2.05) is 25.1 Å². The van der Waals surface area contributed by atoms with Crippen LogP contribution in [0.15, 0.2) is 57.5 Å². The predicted octanol–water partition coefficient (Wildman–Crippen LogP) is 5.68. The maximum absolute atomic E-state index is 4.58. The van der Waals surface area contributed by atoms with Crippen molar-refractivity contribution in [3.05, 3.63) is 68.7 Å². The van der Waals surface area contributed by atoms with E-state index in [0.717, 1.165) is 32.4 Å². The number of para-hydroxylation sites is 1. The van der Waals surface area contributed by atoms with Crippen LogP contribution in [0.5, 0.6) is 0 Å². The standard InChI is InChI=1S/C17H14Br2N2/c1-11-8-12(14-4-2-3-5-16(14)21-11)10-20-17-7-6-13(18)9-15(17)19/h2-9,20H,10H2,1H3. The molecule has 1 aromatic heterocycles. The molecular weight excluding hydrogens is 392 g/mol. The van der Waals surface area contributed by atoms with Crippen LogP contribution in [-0.2, 0) is 6.54 Å². The Morgan fingerprint density at radius 2 is 1.86 bits per heavy atom. The van der Waals surface area contributed by atoms with Crippen molar-refractivity contribution in [2.45, 2.75) is 13.5 Å². The second-order valence-electron chi connectivity index (χ2n) is 4.92. The van der Waals surface area contributed by atoms with Gasteiger partial charge in [-0.15, -0.1) is 0 Å². The molecule has 0 spiro atoms. The highest BCUT2D eigenvalue weighted by atomic mass is 79.9. The fourth-order valence-corrected chi connectivity index (χ4v) is 3.55. The van der Waals surface area contributed by atoms with E-state index in [0.29, 0.717) is 0 Å². The number of pyridine rings is 1. The Bertz CT molecular complexity index is 800. The van der Waals surface area contributed by atoms with E-state index in [1.54, 1.807) is 0 Å². The zero-order chi connectivity index (χ0) is 14.8. The maximum atomic E-state index is 4.58. The van der Waals surface area contributed by atoms with Gasteiger partial charge >= 0.3 is 0 Å². The summed E-state index contributed by atoms with van der Waals surface area (Å²) in [6, 6.07) is 16.5. The van der Waals surface area contributed by atoms with Crippen molar-refractivity contribution < 1.29 is 0 Å². The summed E-state index contributed by atoms with van der Waals surface area (Å²) in [5.74, 6) is 0. The van der Waals surface area contributed by atoms with Crippen molar-refractivity contribution >= 4 is 48.5 Å². The van der Waals surface area contributed by atoms with Crippen molar-refractivity contribution in [1.29, 1.82) is 0 Å². The first-order valence-electron chi connectivity index (χ1n) is 6.68. The van der Waals surface area contributed by atoms with Crippen LogP contribution in [0.3, 0.4) is 0 Å². The number of benzene rings is 2. The van der Waals surface area contributed by atoms with Gasteiger partial charge in [-0.2, -0.15) is 0 Å². The molecule has 0 saturated carbocycles. The topological polar surface area (TPSA) is 24.9 Å². The molecule has 1 N–H and O–H groups in total. The highest BCUT2D eigenvalue weighted by Crippen LogP contribution is 2.27. The molecule has 3 rings (SSSR count). The molecule has 0 saturated heterocycles. The van der Waals surface area contributed by atoms with Crippen LogP contribution >= 0.6 is 31.9 Å². The monoisotopic (exact) mass is 404 g/mol. The van der Waals surface area contributed by atoms with Crippen molar-refractivity contribution in [2.75, 3.05) is 5.32 Å². The number of hydrogen-bond acceptors (Lipinski definition) is 2. The van der Waals surface area contributed by atoms with Crippen LogP contribution in [0.2, 0.25) is 0 Å². The molecule has 0 atom stereocenters. The SMILES string of the molecule is Cc1cc(CNc2ccc(Br)cc2Br)c2ccccc2n1. The van der Waals surface area contributed by atoms with Gasteiger partial charge in [0.05, 0.1) is 5.52 Å². The summed E-state index contributed by atoms with van der Waals surface area (Å²) in [6.45, 7) is 2.80. The lowest BCUT2D eigenvalue weighted by Crippen LogP contribution is -2.02. The molecule has 106 valence electrons. The summed E-state index contributed by atoms with van der Waals surface area (Å²) < 4.78 is 2.11. The summed E-state index contributed by atoms with van der Waals surface area (Å²) in [5, 5.41) is 4.68. The number of anilines is 1. The highest BCUT2D eigenvalue weighted by Gasteiger charge is 2.05. The lowest BCUT2D eigenvalue weighted by molar-refractivity contribution is 1.13. The highest BCUT2D eigenvalue weighted by molar-refractivity contribution is 9.11. The molecule has 0 bridgehead atoms. The number of aromatic nitrogens is 1. The van der Waals surface area contributed by atoms with Gasteiger partial charge in [0.15, 0.2) is 0 Å². The van der Waals surface area contributed by atoms with Gasteiger partial charge in [0, 0.05) is 32.3 Å². The van der Waals surface area contributed by atoms with Gasteiger partial charge in [0.2, 0.25) is 0 Å². The van der Waals surface area contributed by atoms with Gasteiger partial charge in [-0.25, -0.2) is 0 Å². The van der Waals surface area contributed by atoms with Crippen molar-refractivity contribution in [1.82, 2.24) is 4.98 Å². The number of hydrogen-bond donors (Lipinski definition) is 1. The molecule has 0 aliphatic rings. The van der Waals surface area contributed by atoms with Gasteiger partial charge in [-0.3, -0.25) is 4.98 Å². The summed E-state index contributed by atoms with van der Waals surface area (Å²) in [4.78, 5) is 4.58. The molecule has 4 heteroatoms. The van der Waals surface area contributed by atoms with Crippen LogP contribution in [-0.4, -0.2) is 4.98 Å². The van der Waals surface area contributed by atoms with E-state index in [-0.39, 0.29) is 0 Å². The third-order valence-electron chi connectivity index (χ3n) is 3.33. The maximum Gasteiger partial charge on any atom is 0.0708 e. The minimum Gasteiger partial charge on any atom is -0.380 e. The van der Waals surface area contributed by atoms with Gasteiger partial charge in [-0.1, -0.05) is 34.1 Å². The predicted molar refractivity (Wildman–Crippen MR) is 95.6 cm³/mol. The summed E-state index contributed by atoms with van der Waals surface area (Å²) in [5.41, 5.74) is 4.43. The van der Waals surface area contributed by atoms with Gasteiger partial charge in [0.1, 0.15) is 0 Å². The number of nitrogens with zero attached hydrogens (tertiary/aromatic N) is 1. The summed E-state index contributed by atoms with van der Waals surface area (Å²) >= 11 is 7.05. The van der Waals surface area contributed by atoms with E-state index in [4.69, 9.17) is 0 Å². The molecule has 0 aliphatic carbocycles. The Labute approximate surface area is 140 Å². The number of nitrogens with one attached hydrogen (secondary N) is 1. The zero-order valence-electron chi connectivity index (χ0n) is 11.5. The Morgan fingerprint density at radius 1 is 1.05 bits per heavy atom. The zero-order valence-corrected chi connectivity index (χ0v) is 14.7. The minimum atomic E-state index is 0.768. The van der Waals surface area contributed by atoms with E-state index in [1.165, 1.54) is 10.9 Å². The Kier molecular flexibility index (Phi) is 4.27. The quantitative estimate of drug-likeness (QED) is 0.606. The lowest BCUT2D eigenvalue weighted by Gasteiger charge is -2.12. The summed E-state index contributed by atoms with van der Waals surface area (Å²) in [6.07, 6.45) is 0. The normalized spacial score (nSPS) is 10.8. The second kappa shape index (κ2) is 6.16. The molecule has 0 amide bonds. The van der Waals surface area contributed by atoms with Crippen molar-refractivity contribution in [3.63, 3.8) is 0 Å². The van der Waals surface area contributed by atoms with Crippen LogP contribution in [0.4, 0.5) is 5.69 Å². The molecule has 3 aromatic rings. The second-order valence-corrected chi connectivity index (χ2v) is 6.69. The number of aryl methyl sites for hydroxylation is 1. The third-order valence-corrected chi connectivity index (χ3v) is 4.48. The molecule has 1 heterocycles. The molecule has 21 heavy (non-hydrogen) atoms. The fraction of sp³-hybridized carbons (Fsp3) is 0.118. The van der Waals surface area contributed by atoms with E-state index in [2.05, 4.69) is 72.5 Å². The average Bonchev–Trinajstić information content (AvgIpc) is 2.46. The minimum absolute atomic E-state index is 0.768. The molecule has 0 unspecified atom stereocenters. The first kappa shape index (κ1) is 14.5. The Balaban J connectivity index is 1.91. The van der Waals surface area contributed by atoms with Crippen LogP contribution in [0.1, 0.15) is 11.3 Å². The summed E-state index contributed by atoms with van der Waals surface area (Å²) in [7, 11) is 0. The van der Waals surface area contributed by atoms with Gasteiger partial charge < -0.3 is 5.32 Å². The van der Waals surface area contributed by atoms with E-state index < -0.39 is 0 Å². The largest absolute Gasteiger partial charge is 0.380 e. The Morgan fingerprint density at radius 3 is 2.67 bits per heavy atom. The molecule has 0 radical (unpaired) electrons. The molecule has 2 nitrogen and oxygen atoms in total. The Hall–Kier alpha value is -1.39. The van der Waals surface area contributed by atoms with Crippen LogP contribution < -0.4 is 5.32 Å². The smallest absolute Gasteiger partial charge is 0.0708 e. The van der Waals surface area contributed by atoms with Crippen molar-refractivity contribution in [3.8, 4) is 0 Å². The number of fused-ring (bicyclic) bond motifs is 1. The van der Waals surface area contributed by atoms with E-state index >= 15 is 0 Å². The molecule has 0 fully saturated rings.